The van der Waals surface area contributed by atoms with E-state index in [1.807, 2.05) is 42.5 Å². The van der Waals surface area contributed by atoms with E-state index in [1.165, 1.54) is 0 Å². The van der Waals surface area contributed by atoms with Crippen molar-refractivity contribution in [2.75, 3.05) is 19.7 Å². The van der Waals surface area contributed by atoms with Crippen LogP contribution in [0.4, 0.5) is 0 Å². The van der Waals surface area contributed by atoms with E-state index in [0.29, 0.717) is 25.3 Å². The van der Waals surface area contributed by atoms with E-state index >= 15 is 0 Å². The van der Waals surface area contributed by atoms with Crippen molar-refractivity contribution < 1.29 is 9.53 Å². The van der Waals surface area contributed by atoms with Crippen molar-refractivity contribution in [2.24, 2.45) is 10.7 Å². The van der Waals surface area contributed by atoms with E-state index in [9.17, 15) is 4.79 Å². The summed E-state index contributed by atoms with van der Waals surface area (Å²) in [5.41, 5.74) is 12.0. The van der Waals surface area contributed by atoms with Gasteiger partial charge in [-0.1, -0.05) is 36.4 Å². The fourth-order valence-electron chi connectivity index (χ4n) is 3.46. The summed E-state index contributed by atoms with van der Waals surface area (Å²) in [5, 5.41) is 0. The van der Waals surface area contributed by atoms with E-state index in [-0.39, 0.29) is 5.78 Å². The second kappa shape index (κ2) is 8.37. The summed E-state index contributed by atoms with van der Waals surface area (Å²) >= 11 is 0. The van der Waals surface area contributed by atoms with Gasteiger partial charge < -0.3 is 10.5 Å². The third kappa shape index (κ3) is 4.10. The first-order chi connectivity index (χ1) is 14.2. The molecule has 4 rings (SSSR count). The molecule has 1 aliphatic heterocycles. The van der Waals surface area contributed by atoms with Gasteiger partial charge in [-0.25, -0.2) is 0 Å². The van der Waals surface area contributed by atoms with Gasteiger partial charge in [0.05, 0.1) is 11.4 Å². The number of aliphatic imine (C=N–C) groups is 1. The van der Waals surface area contributed by atoms with Crippen LogP contribution in [0.1, 0.15) is 28.5 Å². The molecule has 1 aliphatic rings. The van der Waals surface area contributed by atoms with Gasteiger partial charge in [-0.05, 0) is 36.2 Å². The molecule has 29 heavy (non-hydrogen) atoms. The lowest BCUT2D eigenvalue weighted by molar-refractivity contribution is 0.101. The lowest BCUT2D eigenvalue weighted by Gasteiger charge is -2.15. The number of benzene rings is 2. The van der Waals surface area contributed by atoms with Crippen molar-refractivity contribution in [3.8, 4) is 28.1 Å². The number of carbonyl (C=O) groups excluding carboxylic acids is 1. The molecule has 0 spiro atoms. The number of pyridine rings is 1. The third-order valence-electron chi connectivity index (χ3n) is 4.97. The van der Waals surface area contributed by atoms with Crippen LogP contribution >= 0.6 is 0 Å². The normalized spacial score (nSPS) is 12.5. The fourth-order valence-corrected chi connectivity index (χ4v) is 3.46. The summed E-state index contributed by atoms with van der Waals surface area (Å²) in [5.74, 6) is 0.848. The summed E-state index contributed by atoms with van der Waals surface area (Å²) in [7, 11) is 0. The van der Waals surface area contributed by atoms with Gasteiger partial charge in [-0.3, -0.25) is 14.8 Å². The van der Waals surface area contributed by atoms with E-state index in [4.69, 9.17) is 15.5 Å². The predicted molar refractivity (Wildman–Crippen MR) is 116 cm³/mol. The number of hydrogen-bond acceptors (Lipinski definition) is 5. The Kier molecular flexibility index (Phi) is 5.49. The molecule has 0 amide bonds. The summed E-state index contributed by atoms with van der Waals surface area (Å²) in [6.07, 6.45) is 2.53. The van der Waals surface area contributed by atoms with E-state index < -0.39 is 0 Å². The van der Waals surface area contributed by atoms with Crippen LogP contribution in [0.25, 0.3) is 22.4 Å². The summed E-state index contributed by atoms with van der Waals surface area (Å²) in [6.45, 7) is 3.31. The number of rotatable bonds is 6. The Hall–Kier alpha value is -3.31. The first-order valence-electron chi connectivity index (χ1n) is 9.74. The Bertz CT molecular complexity index is 1050. The van der Waals surface area contributed by atoms with Crippen molar-refractivity contribution in [3.05, 3.63) is 71.4 Å². The zero-order valence-electron chi connectivity index (χ0n) is 16.4. The number of hydrogen-bond donors (Lipinski definition) is 1. The molecule has 2 heterocycles. The van der Waals surface area contributed by atoms with Crippen molar-refractivity contribution in [1.29, 1.82) is 0 Å². The van der Waals surface area contributed by atoms with Gasteiger partial charge in [0, 0.05) is 42.4 Å². The molecule has 0 unspecified atom stereocenters. The van der Waals surface area contributed by atoms with Crippen LogP contribution in [0.15, 0.2) is 59.6 Å². The number of nitrogens with two attached hydrogens (primary N) is 1. The molecule has 0 aliphatic carbocycles. The Morgan fingerprint density at radius 3 is 2.34 bits per heavy atom. The molecule has 5 heteroatoms. The maximum atomic E-state index is 12.1. The summed E-state index contributed by atoms with van der Waals surface area (Å²) in [4.78, 5) is 21.2. The molecular formula is C24H23N3O2. The molecule has 1 aromatic heterocycles. The molecule has 0 saturated carbocycles. The molecule has 3 aromatic rings. The van der Waals surface area contributed by atoms with Gasteiger partial charge in [0.15, 0.2) is 5.78 Å². The summed E-state index contributed by atoms with van der Waals surface area (Å²) < 4.78 is 5.53. The Labute approximate surface area is 170 Å². The van der Waals surface area contributed by atoms with Gasteiger partial charge >= 0.3 is 0 Å². The number of ether oxygens (including phenoxy) is 1. The predicted octanol–water partition coefficient (Wildman–Crippen LogP) is 3.93. The molecule has 5 nitrogen and oxygen atoms in total. The standard InChI is InChI=1S/C24H23N3O2/c1-16(28)21-14-24(27-23-10-12-26-15-22(21)23)19-4-2-17(3-5-19)18-6-8-20(9-7-18)29-13-11-25/h2-9,14-15H,10-13,25H2,1H3. The van der Waals surface area contributed by atoms with Crippen LogP contribution < -0.4 is 10.5 Å². The molecule has 146 valence electrons. The minimum absolute atomic E-state index is 0.0341. The number of aromatic nitrogens is 1. The smallest absolute Gasteiger partial charge is 0.160 e. The van der Waals surface area contributed by atoms with E-state index in [1.54, 1.807) is 13.1 Å². The minimum atomic E-state index is 0.0341. The highest BCUT2D eigenvalue weighted by Crippen LogP contribution is 2.28. The Morgan fingerprint density at radius 2 is 1.69 bits per heavy atom. The highest BCUT2D eigenvalue weighted by atomic mass is 16.5. The van der Waals surface area contributed by atoms with E-state index in [0.717, 1.165) is 45.8 Å². The lowest BCUT2D eigenvalue weighted by atomic mass is 9.96. The van der Waals surface area contributed by atoms with Gasteiger partial charge in [-0.15, -0.1) is 0 Å². The molecule has 0 bridgehead atoms. The Morgan fingerprint density at radius 1 is 1.03 bits per heavy atom. The zero-order chi connectivity index (χ0) is 20.2. The largest absolute Gasteiger partial charge is 0.492 e. The number of Topliss-reactive ketones (excluding diaryl/α,β-unsaturated/α-hetero) is 1. The molecule has 0 fully saturated rings. The summed E-state index contributed by atoms with van der Waals surface area (Å²) in [6, 6.07) is 18.1. The SMILES string of the molecule is CC(=O)c1cc(-c2ccc(-c3ccc(OCCN)cc3)cc2)nc2c1C=NCC2. The van der Waals surface area contributed by atoms with Crippen molar-refractivity contribution >= 4 is 12.0 Å². The monoisotopic (exact) mass is 385 g/mol. The fraction of sp³-hybridized carbons (Fsp3) is 0.208. The number of ketones is 1. The first kappa shape index (κ1) is 19.0. The molecule has 0 saturated heterocycles. The highest BCUT2D eigenvalue weighted by molar-refractivity contribution is 6.04. The van der Waals surface area contributed by atoms with E-state index in [2.05, 4.69) is 17.1 Å². The molecule has 2 N–H and O–H groups in total. The molecular weight excluding hydrogens is 362 g/mol. The maximum Gasteiger partial charge on any atom is 0.160 e. The van der Waals surface area contributed by atoms with Crippen molar-refractivity contribution in [1.82, 2.24) is 4.98 Å². The second-order valence-corrected chi connectivity index (χ2v) is 7.00. The lowest BCUT2D eigenvalue weighted by Crippen LogP contribution is -2.12. The number of carbonyl (C=O) groups is 1. The number of nitrogens with zero attached hydrogens (tertiary/aromatic N) is 2. The highest BCUT2D eigenvalue weighted by Gasteiger charge is 2.17. The average Bonchev–Trinajstić information content (AvgIpc) is 2.77. The van der Waals surface area contributed by atoms with Crippen molar-refractivity contribution in [2.45, 2.75) is 13.3 Å². The van der Waals surface area contributed by atoms with Crippen LogP contribution in [0.3, 0.4) is 0 Å². The van der Waals surface area contributed by atoms with Gasteiger partial charge in [0.2, 0.25) is 0 Å². The van der Waals surface area contributed by atoms with Gasteiger partial charge in [0.25, 0.3) is 0 Å². The van der Waals surface area contributed by atoms with Crippen LogP contribution in [-0.2, 0) is 6.42 Å². The average molecular weight is 385 g/mol. The quantitative estimate of drug-likeness (QED) is 0.652. The second-order valence-electron chi connectivity index (χ2n) is 7.00. The van der Waals surface area contributed by atoms with Crippen LogP contribution in [0, 0.1) is 0 Å². The van der Waals surface area contributed by atoms with Gasteiger partial charge in [-0.2, -0.15) is 0 Å². The van der Waals surface area contributed by atoms with Crippen LogP contribution in [0.5, 0.6) is 5.75 Å². The van der Waals surface area contributed by atoms with Crippen LogP contribution in [0.2, 0.25) is 0 Å². The minimum Gasteiger partial charge on any atom is -0.492 e. The number of fused-ring (bicyclic) bond motifs is 1. The van der Waals surface area contributed by atoms with Crippen LogP contribution in [-0.4, -0.2) is 36.7 Å². The molecule has 0 radical (unpaired) electrons. The first-order valence-corrected chi connectivity index (χ1v) is 9.74. The molecule has 2 aromatic carbocycles. The maximum absolute atomic E-state index is 12.1. The topological polar surface area (TPSA) is 77.6 Å². The zero-order valence-corrected chi connectivity index (χ0v) is 16.4. The van der Waals surface area contributed by atoms with Crippen molar-refractivity contribution in [3.63, 3.8) is 0 Å². The third-order valence-corrected chi connectivity index (χ3v) is 4.97. The molecule has 0 atom stereocenters. The Balaban J connectivity index is 1.62. The van der Waals surface area contributed by atoms with Gasteiger partial charge in [0.1, 0.15) is 12.4 Å².